The molecule has 1 rings (SSSR count). The van der Waals surface area contributed by atoms with Crippen LogP contribution in [-0.2, 0) is 4.79 Å². The molecule has 1 N–H and O–H groups in total. The molecule has 0 saturated heterocycles. The summed E-state index contributed by atoms with van der Waals surface area (Å²) in [6, 6.07) is 6.19. The molecule has 0 saturated carbocycles. The normalized spacial score (nSPS) is 10.7. The van der Waals surface area contributed by atoms with Crippen LogP contribution in [0.3, 0.4) is 0 Å². The van der Waals surface area contributed by atoms with Gasteiger partial charge in [0.2, 0.25) is 5.91 Å². The first-order valence-electron chi connectivity index (χ1n) is 6.30. The zero-order valence-corrected chi connectivity index (χ0v) is 11.7. The lowest BCUT2D eigenvalue weighted by Crippen LogP contribution is -2.30. The largest absolute Gasteiger partial charge is 0.355 e. The summed E-state index contributed by atoms with van der Waals surface area (Å²) >= 11 is 1.43. The molecule has 0 fully saturated rings. The smallest absolute Gasteiger partial charge is 0.230 e. The second-order valence-electron chi connectivity index (χ2n) is 4.23. The van der Waals surface area contributed by atoms with E-state index >= 15 is 0 Å². The van der Waals surface area contributed by atoms with E-state index in [0.717, 1.165) is 24.3 Å². The number of carbonyl (C=O) groups is 1. The molecular formula is C14H20FNOS. The zero-order chi connectivity index (χ0) is 13.4. The highest BCUT2D eigenvalue weighted by molar-refractivity contribution is 8.00. The number of hydrogen-bond donors (Lipinski definition) is 1. The Morgan fingerprint density at radius 2 is 1.89 bits per heavy atom. The fourth-order valence-corrected chi connectivity index (χ4v) is 2.29. The highest BCUT2D eigenvalue weighted by Gasteiger charge is 2.07. The second-order valence-corrected chi connectivity index (χ2v) is 5.28. The third-order valence-electron chi connectivity index (χ3n) is 2.93. The summed E-state index contributed by atoms with van der Waals surface area (Å²) in [7, 11) is 0. The molecule has 0 spiro atoms. The van der Waals surface area contributed by atoms with Gasteiger partial charge in [0.05, 0.1) is 5.75 Å². The van der Waals surface area contributed by atoms with Gasteiger partial charge >= 0.3 is 0 Å². The quantitative estimate of drug-likeness (QED) is 0.768. The summed E-state index contributed by atoms with van der Waals surface area (Å²) in [6.07, 6.45) is 2.17. The van der Waals surface area contributed by atoms with E-state index < -0.39 is 0 Å². The van der Waals surface area contributed by atoms with Gasteiger partial charge in [-0.1, -0.05) is 26.7 Å². The number of benzene rings is 1. The van der Waals surface area contributed by atoms with Gasteiger partial charge in [-0.3, -0.25) is 4.79 Å². The molecule has 0 unspecified atom stereocenters. The molecule has 0 atom stereocenters. The van der Waals surface area contributed by atoms with Crippen molar-refractivity contribution in [3.63, 3.8) is 0 Å². The van der Waals surface area contributed by atoms with Crippen LogP contribution in [0.5, 0.6) is 0 Å². The molecular weight excluding hydrogens is 249 g/mol. The van der Waals surface area contributed by atoms with Gasteiger partial charge in [-0.15, -0.1) is 11.8 Å². The summed E-state index contributed by atoms with van der Waals surface area (Å²) in [5.74, 6) is 0.727. The topological polar surface area (TPSA) is 29.1 Å². The van der Waals surface area contributed by atoms with Crippen molar-refractivity contribution in [1.82, 2.24) is 5.32 Å². The van der Waals surface area contributed by atoms with Crippen LogP contribution in [0.4, 0.5) is 4.39 Å². The summed E-state index contributed by atoms with van der Waals surface area (Å²) in [6.45, 7) is 5.01. The van der Waals surface area contributed by atoms with Gasteiger partial charge in [-0.2, -0.15) is 0 Å². The van der Waals surface area contributed by atoms with Crippen LogP contribution in [0.25, 0.3) is 0 Å². The van der Waals surface area contributed by atoms with Gasteiger partial charge in [0, 0.05) is 11.4 Å². The average Bonchev–Trinajstić information content (AvgIpc) is 2.39. The Kier molecular flexibility index (Phi) is 6.80. The second kappa shape index (κ2) is 8.14. The van der Waals surface area contributed by atoms with Crippen LogP contribution >= 0.6 is 11.8 Å². The minimum atomic E-state index is -0.252. The Bertz CT molecular complexity index is 363. The van der Waals surface area contributed by atoms with E-state index in [2.05, 4.69) is 19.2 Å². The van der Waals surface area contributed by atoms with Crippen molar-refractivity contribution in [1.29, 1.82) is 0 Å². The molecule has 0 bridgehead atoms. The number of rotatable bonds is 7. The van der Waals surface area contributed by atoms with Gasteiger partial charge in [-0.25, -0.2) is 4.39 Å². The molecule has 2 nitrogen and oxygen atoms in total. The van der Waals surface area contributed by atoms with Crippen LogP contribution in [0, 0.1) is 11.7 Å². The van der Waals surface area contributed by atoms with Crippen LogP contribution in [0.1, 0.15) is 26.7 Å². The lowest BCUT2D eigenvalue weighted by atomic mass is 10.0. The molecule has 0 aliphatic carbocycles. The van der Waals surface area contributed by atoms with Crippen molar-refractivity contribution in [3.05, 3.63) is 30.1 Å². The van der Waals surface area contributed by atoms with E-state index in [1.54, 1.807) is 12.1 Å². The Morgan fingerprint density at radius 1 is 1.28 bits per heavy atom. The number of hydrogen-bond acceptors (Lipinski definition) is 2. The molecule has 1 aromatic rings. The van der Waals surface area contributed by atoms with Gasteiger partial charge < -0.3 is 5.32 Å². The SMILES string of the molecule is CCC(CC)CNC(=O)CSc1ccc(F)cc1. The minimum Gasteiger partial charge on any atom is -0.355 e. The molecule has 0 aliphatic heterocycles. The molecule has 0 heterocycles. The van der Waals surface area contributed by atoms with Crippen LogP contribution in [0.2, 0.25) is 0 Å². The third-order valence-corrected chi connectivity index (χ3v) is 3.94. The van der Waals surface area contributed by atoms with E-state index in [4.69, 9.17) is 0 Å². The first-order chi connectivity index (χ1) is 8.65. The maximum absolute atomic E-state index is 12.7. The Morgan fingerprint density at radius 3 is 2.44 bits per heavy atom. The Balaban J connectivity index is 2.26. The molecule has 18 heavy (non-hydrogen) atoms. The maximum atomic E-state index is 12.7. The molecule has 4 heteroatoms. The van der Waals surface area contributed by atoms with E-state index in [-0.39, 0.29) is 11.7 Å². The lowest BCUT2D eigenvalue weighted by molar-refractivity contribution is -0.118. The van der Waals surface area contributed by atoms with Crippen molar-refractivity contribution >= 4 is 17.7 Å². The maximum Gasteiger partial charge on any atom is 0.230 e. The van der Waals surface area contributed by atoms with Crippen LogP contribution < -0.4 is 5.32 Å². The predicted molar refractivity (Wildman–Crippen MR) is 74.2 cm³/mol. The van der Waals surface area contributed by atoms with Crippen molar-refractivity contribution in [2.75, 3.05) is 12.3 Å². The molecule has 1 amide bonds. The number of halogens is 1. The van der Waals surface area contributed by atoms with E-state index in [1.807, 2.05) is 0 Å². The van der Waals surface area contributed by atoms with E-state index in [9.17, 15) is 9.18 Å². The summed E-state index contributed by atoms with van der Waals surface area (Å²) < 4.78 is 12.7. The number of nitrogens with one attached hydrogen (secondary N) is 1. The summed E-state index contributed by atoms with van der Waals surface area (Å²) in [4.78, 5) is 12.5. The van der Waals surface area contributed by atoms with Gasteiger partial charge in [0.25, 0.3) is 0 Å². The average molecular weight is 269 g/mol. The predicted octanol–water partition coefficient (Wildman–Crippen LogP) is 3.47. The first-order valence-corrected chi connectivity index (χ1v) is 7.29. The molecule has 1 aromatic carbocycles. The van der Waals surface area contributed by atoms with Gasteiger partial charge in [0.15, 0.2) is 0 Å². The Labute approximate surface area is 112 Å². The lowest BCUT2D eigenvalue weighted by Gasteiger charge is -2.13. The van der Waals surface area contributed by atoms with Crippen molar-refractivity contribution in [2.45, 2.75) is 31.6 Å². The highest BCUT2D eigenvalue weighted by Crippen LogP contribution is 2.17. The molecule has 0 radical (unpaired) electrons. The monoisotopic (exact) mass is 269 g/mol. The zero-order valence-electron chi connectivity index (χ0n) is 10.9. The van der Waals surface area contributed by atoms with Crippen molar-refractivity contribution < 1.29 is 9.18 Å². The highest BCUT2D eigenvalue weighted by atomic mass is 32.2. The number of amides is 1. The van der Waals surface area contributed by atoms with Gasteiger partial charge in [-0.05, 0) is 30.2 Å². The number of thioether (sulfide) groups is 1. The minimum absolute atomic E-state index is 0.0382. The van der Waals surface area contributed by atoms with Gasteiger partial charge in [0.1, 0.15) is 5.82 Å². The van der Waals surface area contributed by atoms with Crippen LogP contribution in [0.15, 0.2) is 29.2 Å². The van der Waals surface area contributed by atoms with Crippen molar-refractivity contribution in [2.24, 2.45) is 5.92 Å². The number of carbonyl (C=O) groups excluding carboxylic acids is 1. The fraction of sp³-hybridized carbons (Fsp3) is 0.500. The first kappa shape index (κ1) is 15.0. The third kappa shape index (κ3) is 5.54. The molecule has 0 aromatic heterocycles. The van der Waals surface area contributed by atoms with E-state index in [1.165, 1.54) is 23.9 Å². The fourth-order valence-electron chi connectivity index (χ4n) is 1.57. The van der Waals surface area contributed by atoms with Crippen LogP contribution in [-0.4, -0.2) is 18.2 Å². The van der Waals surface area contributed by atoms with E-state index in [0.29, 0.717) is 11.7 Å². The molecule has 100 valence electrons. The molecule has 0 aliphatic rings. The Hall–Kier alpha value is -1.03. The van der Waals surface area contributed by atoms with Crippen molar-refractivity contribution in [3.8, 4) is 0 Å². The standard InChI is InChI=1S/C14H20FNOS/c1-3-11(4-2)9-16-14(17)10-18-13-7-5-12(15)6-8-13/h5-8,11H,3-4,9-10H2,1-2H3,(H,16,17). The summed E-state index contributed by atoms with van der Waals surface area (Å²) in [5.41, 5.74) is 0. The summed E-state index contributed by atoms with van der Waals surface area (Å²) in [5, 5.41) is 2.93.